The van der Waals surface area contributed by atoms with Gasteiger partial charge in [0.25, 0.3) is 5.91 Å². The third-order valence-corrected chi connectivity index (χ3v) is 5.57. The highest BCUT2D eigenvalue weighted by Gasteiger charge is 2.24. The van der Waals surface area contributed by atoms with Gasteiger partial charge in [-0.1, -0.05) is 6.42 Å². The summed E-state index contributed by atoms with van der Waals surface area (Å²) in [4.78, 5) is 14.7. The molecule has 0 aromatic heterocycles. The number of anilines is 3. The van der Waals surface area contributed by atoms with E-state index in [0.717, 1.165) is 30.0 Å². The lowest BCUT2D eigenvalue weighted by Crippen LogP contribution is -2.33. The molecule has 3 N–H and O–H groups in total. The first-order valence-electron chi connectivity index (χ1n) is 10.2. The number of piperidine rings is 1. The van der Waals surface area contributed by atoms with Gasteiger partial charge in [0.15, 0.2) is 0 Å². The molecule has 1 fully saturated rings. The van der Waals surface area contributed by atoms with Crippen LogP contribution >= 0.6 is 0 Å². The van der Waals surface area contributed by atoms with Gasteiger partial charge in [0.05, 0.1) is 11.3 Å². The largest absolute Gasteiger partial charge is 0.384 e. The zero-order chi connectivity index (χ0) is 20.2. The van der Waals surface area contributed by atoms with Crippen LogP contribution in [0.5, 0.6) is 0 Å². The average molecular weight is 394 g/mol. The molecule has 2 heterocycles. The van der Waals surface area contributed by atoms with E-state index in [9.17, 15) is 9.18 Å². The molecule has 2 aliphatic rings. The summed E-state index contributed by atoms with van der Waals surface area (Å²) < 4.78 is 13.3. The predicted molar refractivity (Wildman–Crippen MR) is 117 cm³/mol. The Hall–Kier alpha value is -2.86. The molecule has 0 spiro atoms. The average Bonchev–Trinajstić information content (AvgIpc) is 3.02. The van der Waals surface area contributed by atoms with Crippen LogP contribution in [-0.4, -0.2) is 37.0 Å². The van der Waals surface area contributed by atoms with Crippen molar-refractivity contribution in [3.05, 3.63) is 59.5 Å². The zero-order valence-electron chi connectivity index (χ0n) is 16.7. The minimum absolute atomic E-state index is 0.231. The van der Waals surface area contributed by atoms with Crippen molar-refractivity contribution >= 4 is 28.5 Å². The van der Waals surface area contributed by atoms with E-state index in [1.54, 1.807) is 12.3 Å². The number of nitrogens with zero attached hydrogens (tertiary/aromatic N) is 1. The summed E-state index contributed by atoms with van der Waals surface area (Å²) in [6.45, 7) is 6.50. The molecule has 0 bridgehead atoms. The summed E-state index contributed by atoms with van der Waals surface area (Å²) >= 11 is 0. The van der Waals surface area contributed by atoms with E-state index in [-0.39, 0.29) is 11.7 Å². The van der Waals surface area contributed by atoms with Crippen molar-refractivity contribution < 1.29 is 9.18 Å². The van der Waals surface area contributed by atoms with Gasteiger partial charge in [-0.25, -0.2) is 4.39 Å². The Balaban J connectivity index is 1.37. The number of halogens is 1. The van der Waals surface area contributed by atoms with E-state index in [0.29, 0.717) is 16.8 Å². The number of hydrogen-bond acceptors (Lipinski definition) is 4. The first kappa shape index (κ1) is 19.5. The Kier molecular flexibility index (Phi) is 5.81. The fourth-order valence-electron chi connectivity index (χ4n) is 3.95. The van der Waals surface area contributed by atoms with E-state index >= 15 is 0 Å². The van der Waals surface area contributed by atoms with Gasteiger partial charge in [0.1, 0.15) is 5.82 Å². The minimum atomic E-state index is -0.364. The smallest absolute Gasteiger partial charge is 0.257 e. The second-order valence-corrected chi connectivity index (χ2v) is 7.71. The third kappa shape index (κ3) is 4.59. The van der Waals surface area contributed by atoms with Crippen LogP contribution in [-0.2, 0) is 4.79 Å². The monoisotopic (exact) mass is 394 g/mol. The molecule has 1 amide bonds. The molecule has 2 aromatic rings. The van der Waals surface area contributed by atoms with Crippen molar-refractivity contribution in [3.63, 3.8) is 0 Å². The standard InChI is InChI=1S/C23H27FN4O/c1-16-13-18(6-8-21(16)25-9-12-28-10-3-2-4-11-28)26-15-20-19-7-5-17(24)14-22(19)27-23(20)29/h5-8,13-15,25-26H,2-4,9-12H2,1H3,(H,27,29). The maximum Gasteiger partial charge on any atom is 0.257 e. The first-order valence-corrected chi connectivity index (χ1v) is 10.2. The Morgan fingerprint density at radius 3 is 2.76 bits per heavy atom. The highest BCUT2D eigenvalue weighted by Crippen LogP contribution is 2.32. The van der Waals surface area contributed by atoms with Gasteiger partial charge in [0, 0.05) is 36.2 Å². The van der Waals surface area contributed by atoms with E-state index in [2.05, 4.69) is 39.9 Å². The molecular weight excluding hydrogens is 367 g/mol. The molecule has 1 saturated heterocycles. The van der Waals surface area contributed by atoms with E-state index in [1.165, 1.54) is 44.5 Å². The minimum Gasteiger partial charge on any atom is -0.384 e. The Morgan fingerprint density at radius 2 is 1.97 bits per heavy atom. The maximum atomic E-state index is 13.3. The predicted octanol–water partition coefficient (Wildman–Crippen LogP) is 4.44. The number of rotatable bonds is 6. The summed E-state index contributed by atoms with van der Waals surface area (Å²) in [5, 5.41) is 9.42. The van der Waals surface area contributed by atoms with E-state index in [4.69, 9.17) is 0 Å². The molecule has 29 heavy (non-hydrogen) atoms. The summed E-state index contributed by atoms with van der Waals surface area (Å²) in [7, 11) is 0. The molecular formula is C23H27FN4O. The van der Waals surface area contributed by atoms with Crippen molar-refractivity contribution in [3.8, 4) is 0 Å². The molecule has 4 rings (SSSR count). The molecule has 0 saturated carbocycles. The van der Waals surface area contributed by atoms with Gasteiger partial charge < -0.3 is 20.9 Å². The van der Waals surface area contributed by atoms with Gasteiger partial charge in [0.2, 0.25) is 0 Å². The number of benzene rings is 2. The van der Waals surface area contributed by atoms with E-state index in [1.807, 2.05) is 6.07 Å². The van der Waals surface area contributed by atoms with Crippen LogP contribution in [0.15, 0.2) is 42.6 Å². The number of likely N-dealkylation sites (tertiary alicyclic amines) is 1. The summed E-state index contributed by atoms with van der Waals surface area (Å²) in [6.07, 6.45) is 5.66. The highest BCUT2D eigenvalue weighted by molar-refractivity contribution is 6.31. The van der Waals surface area contributed by atoms with Gasteiger partial charge in [-0.2, -0.15) is 0 Å². The molecule has 0 aliphatic carbocycles. The lowest BCUT2D eigenvalue weighted by Gasteiger charge is -2.26. The molecule has 0 atom stereocenters. The number of carbonyl (C=O) groups is 1. The van der Waals surface area contributed by atoms with Crippen molar-refractivity contribution in [1.29, 1.82) is 0 Å². The number of nitrogens with one attached hydrogen (secondary N) is 3. The molecule has 152 valence electrons. The van der Waals surface area contributed by atoms with Crippen LogP contribution in [0.2, 0.25) is 0 Å². The van der Waals surface area contributed by atoms with Gasteiger partial charge in [-0.3, -0.25) is 4.79 Å². The van der Waals surface area contributed by atoms with Crippen LogP contribution < -0.4 is 16.0 Å². The van der Waals surface area contributed by atoms with Crippen molar-refractivity contribution in [1.82, 2.24) is 4.90 Å². The molecule has 0 radical (unpaired) electrons. The van der Waals surface area contributed by atoms with Crippen LogP contribution in [0, 0.1) is 12.7 Å². The van der Waals surface area contributed by atoms with Gasteiger partial charge in [-0.05, 0) is 74.8 Å². The second-order valence-electron chi connectivity index (χ2n) is 7.71. The van der Waals surface area contributed by atoms with E-state index < -0.39 is 0 Å². The van der Waals surface area contributed by atoms with Crippen LogP contribution in [0.4, 0.5) is 21.5 Å². The fourth-order valence-corrected chi connectivity index (χ4v) is 3.95. The lowest BCUT2D eigenvalue weighted by molar-refractivity contribution is -0.110. The number of fused-ring (bicyclic) bond motifs is 1. The van der Waals surface area contributed by atoms with Crippen molar-refractivity contribution in [2.75, 3.05) is 42.1 Å². The van der Waals surface area contributed by atoms with Crippen LogP contribution in [0.25, 0.3) is 5.57 Å². The number of hydrogen-bond donors (Lipinski definition) is 3. The Bertz CT molecular complexity index is 934. The maximum absolute atomic E-state index is 13.3. The summed E-state index contributed by atoms with van der Waals surface area (Å²) in [6, 6.07) is 10.4. The normalized spacial score (nSPS) is 17.9. The SMILES string of the molecule is Cc1cc(NC=C2C(=O)Nc3cc(F)ccc32)ccc1NCCN1CCCCC1. The number of carbonyl (C=O) groups excluding carboxylic acids is 1. The number of aryl methyl sites for hydroxylation is 1. The topological polar surface area (TPSA) is 56.4 Å². The molecule has 2 aromatic carbocycles. The van der Waals surface area contributed by atoms with Gasteiger partial charge >= 0.3 is 0 Å². The first-order chi connectivity index (χ1) is 14.1. The second kappa shape index (κ2) is 8.66. The van der Waals surface area contributed by atoms with Crippen molar-refractivity contribution in [2.24, 2.45) is 0 Å². The highest BCUT2D eigenvalue weighted by atomic mass is 19.1. The Labute approximate surface area is 171 Å². The van der Waals surface area contributed by atoms with Crippen molar-refractivity contribution in [2.45, 2.75) is 26.2 Å². The summed E-state index contributed by atoms with van der Waals surface area (Å²) in [5.74, 6) is -0.594. The summed E-state index contributed by atoms with van der Waals surface area (Å²) in [5.41, 5.74) is 4.88. The quantitative estimate of drug-likeness (QED) is 0.634. The fraction of sp³-hybridized carbons (Fsp3) is 0.348. The molecule has 6 heteroatoms. The van der Waals surface area contributed by atoms with Gasteiger partial charge in [-0.15, -0.1) is 0 Å². The lowest BCUT2D eigenvalue weighted by atomic mass is 10.1. The third-order valence-electron chi connectivity index (χ3n) is 5.57. The molecule has 2 aliphatic heterocycles. The van der Waals surface area contributed by atoms with Crippen LogP contribution in [0.1, 0.15) is 30.4 Å². The molecule has 0 unspecified atom stereocenters. The Morgan fingerprint density at radius 1 is 1.14 bits per heavy atom. The van der Waals surface area contributed by atoms with Crippen LogP contribution in [0.3, 0.4) is 0 Å². The zero-order valence-corrected chi connectivity index (χ0v) is 16.7. The number of amides is 1. The molecule has 5 nitrogen and oxygen atoms in total.